The number of anilines is 2. The molecule has 0 atom stereocenters. The number of carbonyl (C=O) groups excluding carboxylic acids is 2. The molecule has 0 saturated carbocycles. The van der Waals surface area contributed by atoms with Crippen molar-refractivity contribution in [1.29, 1.82) is 0 Å². The van der Waals surface area contributed by atoms with Crippen LogP contribution < -0.4 is 10.2 Å². The number of nitrogens with zero attached hydrogens (tertiary/aromatic N) is 4. The fraction of sp³-hybridized carbons (Fsp3) is 0.375. The molecule has 0 spiro atoms. The summed E-state index contributed by atoms with van der Waals surface area (Å²) in [7, 11) is 3.20. The standard InChI is InChI=1S/C16H19N5O3/c1-20-9-13(18-19-20)16(23)17-12-6-5-11-4-3-7-21(14(11)8-12)15(22)10-24-2/h5-6,8-9H,3-4,7,10H2,1-2H3,(H,17,23). The van der Waals surface area contributed by atoms with Crippen molar-refractivity contribution >= 4 is 23.2 Å². The molecule has 0 unspecified atom stereocenters. The molecule has 0 fully saturated rings. The smallest absolute Gasteiger partial charge is 0.277 e. The summed E-state index contributed by atoms with van der Waals surface area (Å²) in [4.78, 5) is 26.1. The molecule has 0 radical (unpaired) electrons. The van der Waals surface area contributed by atoms with E-state index in [0.29, 0.717) is 12.2 Å². The van der Waals surface area contributed by atoms with Crippen molar-refractivity contribution in [3.63, 3.8) is 0 Å². The molecule has 1 aliphatic heterocycles. The van der Waals surface area contributed by atoms with E-state index in [-0.39, 0.29) is 24.1 Å². The summed E-state index contributed by atoms with van der Waals surface area (Å²) in [6, 6.07) is 5.58. The normalized spacial score (nSPS) is 13.5. The van der Waals surface area contributed by atoms with Crippen LogP contribution >= 0.6 is 0 Å². The van der Waals surface area contributed by atoms with Crippen molar-refractivity contribution in [3.8, 4) is 0 Å². The molecule has 0 bridgehead atoms. The summed E-state index contributed by atoms with van der Waals surface area (Å²) in [5.41, 5.74) is 2.76. The van der Waals surface area contributed by atoms with Crippen LogP contribution in [-0.2, 0) is 23.0 Å². The minimum absolute atomic E-state index is 0.0373. The van der Waals surface area contributed by atoms with Crippen LogP contribution in [0.4, 0.5) is 11.4 Å². The Hall–Kier alpha value is -2.74. The molecule has 3 rings (SSSR count). The average Bonchev–Trinajstić information content (AvgIpc) is 3.01. The number of methoxy groups -OCH3 is 1. The first kappa shape index (κ1) is 16.1. The fourth-order valence-electron chi connectivity index (χ4n) is 2.76. The SMILES string of the molecule is COCC(=O)N1CCCc2ccc(NC(=O)c3cn(C)nn3)cc21. The predicted octanol–water partition coefficient (Wildman–Crippen LogP) is 0.993. The minimum Gasteiger partial charge on any atom is -0.375 e. The Morgan fingerprint density at radius 2 is 2.21 bits per heavy atom. The Morgan fingerprint density at radius 1 is 1.38 bits per heavy atom. The lowest BCUT2D eigenvalue weighted by molar-refractivity contribution is -0.122. The highest BCUT2D eigenvalue weighted by molar-refractivity contribution is 6.03. The zero-order valence-corrected chi connectivity index (χ0v) is 13.7. The number of rotatable bonds is 4. The van der Waals surface area contributed by atoms with Gasteiger partial charge in [-0.15, -0.1) is 5.10 Å². The topological polar surface area (TPSA) is 89.4 Å². The summed E-state index contributed by atoms with van der Waals surface area (Å²) in [6.07, 6.45) is 3.36. The highest BCUT2D eigenvalue weighted by Crippen LogP contribution is 2.30. The van der Waals surface area contributed by atoms with Crippen LogP contribution in [0.5, 0.6) is 0 Å². The van der Waals surface area contributed by atoms with E-state index in [4.69, 9.17) is 4.74 Å². The Kier molecular flexibility index (Phi) is 4.57. The van der Waals surface area contributed by atoms with Gasteiger partial charge in [0, 0.05) is 32.1 Å². The molecule has 0 saturated heterocycles. The maximum Gasteiger partial charge on any atom is 0.277 e. The molecule has 2 aromatic rings. The van der Waals surface area contributed by atoms with Gasteiger partial charge in [0.2, 0.25) is 0 Å². The van der Waals surface area contributed by atoms with E-state index in [2.05, 4.69) is 15.6 Å². The summed E-state index contributed by atoms with van der Waals surface area (Å²) >= 11 is 0. The Labute approximate surface area is 139 Å². The van der Waals surface area contributed by atoms with Gasteiger partial charge in [-0.2, -0.15) is 0 Å². The molecule has 2 amide bonds. The second-order valence-electron chi connectivity index (χ2n) is 5.66. The van der Waals surface area contributed by atoms with Gasteiger partial charge in [-0.25, -0.2) is 0 Å². The first-order valence-corrected chi connectivity index (χ1v) is 7.68. The zero-order chi connectivity index (χ0) is 17.1. The second-order valence-corrected chi connectivity index (χ2v) is 5.66. The lowest BCUT2D eigenvalue weighted by Gasteiger charge is -2.29. The molecule has 0 aliphatic carbocycles. The van der Waals surface area contributed by atoms with Crippen molar-refractivity contribution in [1.82, 2.24) is 15.0 Å². The van der Waals surface area contributed by atoms with Gasteiger partial charge in [0.25, 0.3) is 11.8 Å². The monoisotopic (exact) mass is 329 g/mol. The molecule has 24 heavy (non-hydrogen) atoms. The van der Waals surface area contributed by atoms with Gasteiger partial charge in [-0.1, -0.05) is 11.3 Å². The Morgan fingerprint density at radius 3 is 2.92 bits per heavy atom. The molecule has 8 nitrogen and oxygen atoms in total. The van der Waals surface area contributed by atoms with Gasteiger partial charge in [-0.05, 0) is 30.5 Å². The highest BCUT2D eigenvalue weighted by Gasteiger charge is 2.23. The maximum atomic E-state index is 12.2. The fourth-order valence-corrected chi connectivity index (χ4v) is 2.76. The lowest BCUT2D eigenvalue weighted by atomic mass is 10.0. The van der Waals surface area contributed by atoms with E-state index in [9.17, 15) is 9.59 Å². The molecule has 126 valence electrons. The molecular formula is C16H19N5O3. The average molecular weight is 329 g/mol. The molecule has 1 aromatic heterocycles. The number of aromatic nitrogens is 3. The molecule has 1 aliphatic rings. The molecule has 1 aromatic carbocycles. The number of hydrogen-bond donors (Lipinski definition) is 1. The quantitative estimate of drug-likeness (QED) is 0.903. The maximum absolute atomic E-state index is 12.2. The number of ether oxygens (including phenoxy) is 1. The Balaban J connectivity index is 1.82. The largest absolute Gasteiger partial charge is 0.375 e. The van der Waals surface area contributed by atoms with Crippen LogP contribution in [0, 0.1) is 0 Å². The third-order valence-corrected chi connectivity index (χ3v) is 3.87. The van der Waals surface area contributed by atoms with E-state index in [0.717, 1.165) is 24.1 Å². The van der Waals surface area contributed by atoms with Crippen molar-refractivity contribution < 1.29 is 14.3 Å². The van der Waals surface area contributed by atoms with Gasteiger partial charge in [0.15, 0.2) is 5.69 Å². The van der Waals surface area contributed by atoms with Crippen molar-refractivity contribution in [2.75, 3.05) is 30.5 Å². The first-order chi connectivity index (χ1) is 11.6. The summed E-state index contributed by atoms with van der Waals surface area (Å²) in [5, 5.41) is 10.3. The number of carbonyl (C=O) groups is 2. The Bertz CT molecular complexity index is 771. The zero-order valence-electron chi connectivity index (χ0n) is 13.7. The molecule has 8 heteroatoms. The van der Waals surface area contributed by atoms with E-state index in [1.54, 1.807) is 18.1 Å². The minimum atomic E-state index is -0.339. The van der Waals surface area contributed by atoms with Crippen LogP contribution in [0.15, 0.2) is 24.4 Å². The summed E-state index contributed by atoms with van der Waals surface area (Å²) < 4.78 is 6.41. The van der Waals surface area contributed by atoms with Gasteiger partial charge in [0.05, 0.1) is 6.20 Å². The lowest BCUT2D eigenvalue weighted by Crippen LogP contribution is -2.37. The van der Waals surface area contributed by atoms with Crippen molar-refractivity contribution in [2.45, 2.75) is 12.8 Å². The van der Waals surface area contributed by atoms with Gasteiger partial charge >= 0.3 is 0 Å². The molecule has 2 heterocycles. The van der Waals surface area contributed by atoms with E-state index < -0.39 is 0 Å². The van der Waals surface area contributed by atoms with Crippen molar-refractivity contribution in [3.05, 3.63) is 35.7 Å². The number of benzene rings is 1. The van der Waals surface area contributed by atoms with Crippen LogP contribution in [-0.4, -0.2) is 47.1 Å². The van der Waals surface area contributed by atoms with Crippen molar-refractivity contribution in [2.24, 2.45) is 7.05 Å². The van der Waals surface area contributed by atoms with Crippen LogP contribution in [0.25, 0.3) is 0 Å². The number of aryl methyl sites for hydroxylation is 2. The van der Waals surface area contributed by atoms with E-state index in [1.807, 2.05) is 18.2 Å². The third-order valence-electron chi connectivity index (χ3n) is 3.87. The van der Waals surface area contributed by atoms with E-state index >= 15 is 0 Å². The summed E-state index contributed by atoms with van der Waals surface area (Å²) in [6.45, 7) is 0.687. The number of amides is 2. The first-order valence-electron chi connectivity index (χ1n) is 7.68. The molecule has 1 N–H and O–H groups in total. The highest BCUT2D eigenvalue weighted by atomic mass is 16.5. The van der Waals surface area contributed by atoms with Crippen LogP contribution in [0.2, 0.25) is 0 Å². The van der Waals surface area contributed by atoms with Gasteiger partial charge in [0.1, 0.15) is 6.61 Å². The van der Waals surface area contributed by atoms with Gasteiger partial charge in [-0.3, -0.25) is 14.3 Å². The van der Waals surface area contributed by atoms with Crippen LogP contribution in [0.3, 0.4) is 0 Å². The van der Waals surface area contributed by atoms with Crippen LogP contribution in [0.1, 0.15) is 22.5 Å². The number of nitrogens with one attached hydrogen (secondary N) is 1. The third kappa shape index (κ3) is 3.28. The summed E-state index contributed by atoms with van der Waals surface area (Å²) in [5.74, 6) is -0.426. The second kappa shape index (κ2) is 6.79. The number of hydrogen-bond acceptors (Lipinski definition) is 5. The number of fused-ring (bicyclic) bond motifs is 1. The van der Waals surface area contributed by atoms with E-state index in [1.165, 1.54) is 11.8 Å². The predicted molar refractivity (Wildman–Crippen MR) is 87.9 cm³/mol. The molecular weight excluding hydrogens is 310 g/mol. The van der Waals surface area contributed by atoms with Gasteiger partial charge < -0.3 is 15.0 Å².